The Labute approximate surface area is 156 Å². The van der Waals surface area contributed by atoms with Crippen LogP contribution in [-0.2, 0) is 4.79 Å². The molecule has 2 amide bonds. The summed E-state index contributed by atoms with van der Waals surface area (Å²) >= 11 is 0. The molecule has 2 atom stereocenters. The fourth-order valence-electron chi connectivity index (χ4n) is 3.28. The third-order valence-electron chi connectivity index (χ3n) is 4.95. The Morgan fingerprint density at radius 3 is 2.22 bits per heavy atom. The van der Waals surface area contributed by atoms with Crippen LogP contribution in [0.2, 0.25) is 0 Å². The van der Waals surface area contributed by atoms with Gasteiger partial charge in [0.2, 0.25) is 0 Å². The highest BCUT2D eigenvalue weighted by molar-refractivity contribution is 5.91. The smallest absolute Gasteiger partial charge is 0.394 e. The second-order valence-electron chi connectivity index (χ2n) is 7.58. The highest BCUT2D eigenvalue weighted by Crippen LogP contribution is 2.38. The average Bonchev–Trinajstić information content (AvgIpc) is 3.00. The van der Waals surface area contributed by atoms with E-state index in [4.69, 9.17) is 5.11 Å². The lowest BCUT2D eigenvalue weighted by Crippen LogP contribution is -2.35. The van der Waals surface area contributed by atoms with Crippen LogP contribution in [0.25, 0.3) is 0 Å². The number of carbonyl (C=O) groups is 2. The van der Waals surface area contributed by atoms with Gasteiger partial charge in [-0.25, -0.2) is 4.79 Å². The quantitative estimate of drug-likeness (QED) is 0.791. The Hall–Kier alpha value is -2.25. The number of benzene rings is 1. The number of nitrogens with zero attached hydrogens (tertiary/aromatic N) is 1. The number of carbonyl (C=O) groups excluding carboxylic acids is 1. The number of carboxylic acids is 1. The minimum absolute atomic E-state index is 0.104. The molecule has 150 valence electrons. The molecular weight excluding hydrogens is 361 g/mol. The summed E-state index contributed by atoms with van der Waals surface area (Å²) in [5.74, 6) is -4.85. The molecule has 8 heteroatoms. The molecule has 1 aromatic rings. The molecule has 1 fully saturated rings. The van der Waals surface area contributed by atoms with E-state index in [0.717, 1.165) is 16.0 Å². The highest BCUT2D eigenvalue weighted by atomic mass is 19.4. The number of amides is 2. The summed E-state index contributed by atoms with van der Waals surface area (Å²) < 4.78 is 39.3. The molecule has 2 rings (SSSR count). The Morgan fingerprint density at radius 1 is 1.15 bits per heavy atom. The van der Waals surface area contributed by atoms with E-state index in [1.807, 2.05) is 39.8 Å². The second kappa shape index (κ2) is 7.78. The van der Waals surface area contributed by atoms with E-state index in [2.05, 4.69) is 5.32 Å². The number of hydrogen-bond donors (Lipinski definition) is 2. The minimum Gasteiger partial charge on any atom is -0.481 e. The van der Waals surface area contributed by atoms with E-state index in [0.29, 0.717) is 11.6 Å². The van der Waals surface area contributed by atoms with Gasteiger partial charge in [0.25, 0.3) is 0 Å². The van der Waals surface area contributed by atoms with Gasteiger partial charge in [-0.2, -0.15) is 13.2 Å². The zero-order valence-electron chi connectivity index (χ0n) is 15.8. The molecule has 1 heterocycles. The largest absolute Gasteiger partial charge is 0.481 e. The van der Waals surface area contributed by atoms with Gasteiger partial charge in [0.15, 0.2) is 0 Å². The first-order chi connectivity index (χ1) is 12.4. The van der Waals surface area contributed by atoms with Crippen LogP contribution in [-0.4, -0.2) is 41.3 Å². The molecule has 1 aromatic carbocycles. The average molecular weight is 386 g/mol. The van der Waals surface area contributed by atoms with Crippen molar-refractivity contribution in [2.24, 2.45) is 11.8 Å². The number of alkyl halides is 3. The number of rotatable bonds is 4. The lowest BCUT2D eigenvalue weighted by atomic mass is 9.94. The van der Waals surface area contributed by atoms with Crippen LogP contribution in [0.5, 0.6) is 0 Å². The first kappa shape index (κ1) is 21.1. The van der Waals surface area contributed by atoms with Gasteiger partial charge in [0.05, 0.1) is 11.8 Å². The van der Waals surface area contributed by atoms with Crippen molar-refractivity contribution in [2.45, 2.75) is 45.7 Å². The standard InChI is InChI=1S/C19H25F3N2O3/c1-10(2)12-5-6-16(13(7-12)11(3)4)23-18(27)24-8-14(17(25)26)15(9-24)19(20,21)22/h5-7,10-11,14-15H,8-9H2,1-4H3,(H,23,27)(H,25,26)/t14-,15-/m1/s1. The molecule has 0 aliphatic carbocycles. The van der Waals surface area contributed by atoms with Gasteiger partial charge in [-0.1, -0.05) is 39.8 Å². The second-order valence-corrected chi connectivity index (χ2v) is 7.58. The van der Waals surface area contributed by atoms with Gasteiger partial charge < -0.3 is 15.3 Å². The first-order valence-corrected chi connectivity index (χ1v) is 8.91. The van der Waals surface area contributed by atoms with E-state index in [1.54, 1.807) is 6.07 Å². The van der Waals surface area contributed by atoms with Crippen LogP contribution in [0.15, 0.2) is 18.2 Å². The maximum atomic E-state index is 13.1. The summed E-state index contributed by atoms with van der Waals surface area (Å²) in [5, 5.41) is 11.7. The monoisotopic (exact) mass is 386 g/mol. The third-order valence-corrected chi connectivity index (χ3v) is 4.95. The molecule has 5 nitrogen and oxygen atoms in total. The van der Waals surface area contributed by atoms with E-state index in [-0.39, 0.29) is 5.92 Å². The Morgan fingerprint density at radius 2 is 1.78 bits per heavy atom. The third kappa shape index (κ3) is 4.73. The van der Waals surface area contributed by atoms with Gasteiger partial charge in [-0.3, -0.25) is 4.79 Å². The van der Waals surface area contributed by atoms with E-state index >= 15 is 0 Å². The van der Waals surface area contributed by atoms with Crippen molar-refractivity contribution < 1.29 is 27.9 Å². The maximum Gasteiger partial charge on any atom is 0.394 e. The van der Waals surface area contributed by atoms with Gasteiger partial charge in [-0.15, -0.1) is 0 Å². The summed E-state index contributed by atoms with van der Waals surface area (Å²) in [6, 6.07) is 4.88. The van der Waals surface area contributed by atoms with E-state index in [1.165, 1.54) is 0 Å². The normalized spacial score (nSPS) is 20.4. The molecular formula is C19H25F3N2O3. The van der Waals surface area contributed by atoms with Gasteiger partial charge in [0, 0.05) is 18.8 Å². The van der Waals surface area contributed by atoms with Crippen LogP contribution in [0.3, 0.4) is 0 Å². The van der Waals surface area contributed by atoms with Crippen molar-refractivity contribution in [3.05, 3.63) is 29.3 Å². The number of aliphatic carboxylic acids is 1. The molecule has 0 radical (unpaired) electrons. The van der Waals surface area contributed by atoms with Gasteiger partial charge in [0.1, 0.15) is 0 Å². The van der Waals surface area contributed by atoms with Crippen LogP contribution in [0, 0.1) is 11.8 Å². The fraction of sp³-hybridized carbons (Fsp3) is 0.579. The van der Waals surface area contributed by atoms with Crippen molar-refractivity contribution in [1.29, 1.82) is 0 Å². The van der Waals surface area contributed by atoms with Crippen molar-refractivity contribution >= 4 is 17.7 Å². The highest BCUT2D eigenvalue weighted by Gasteiger charge is 2.53. The molecule has 0 bridgehead atoms. The van der Waals surface area contributed by atoms with Crippen molar-refractivity contribution in [1.82, 2.24) is 4.90 Å². The van der Waals surface area contributed by atoms with Crippen molar-refractivity contribution in [3.63, 3.8) is 0 Å². The van der Waals surface area contributed by atoms with E-state index < -0.39 is 43.1 Å². The van der Waals surface area contributed by atoms with Crippen LogP contribution >= 0.6 is 0 Å². The summed E-state index contributed by atoms with van der Waals surface area (Å²) in [7, 11) is 0. The van der Waals surface area contributed by atoms with Crippen molar-refractivity contribution in [2.75, 3.05) is 18.4 Å². The Bertz CT molecular complexity index is 717. The zero-order valence-corrected chi connectivity index (χ0v) is 15.8. The number of halogens is 3. The van der Waals surface area contributed by atoms with E-state index in [9.17, 15) is 22.8 Å². The molecule has 27 heavy (non-hydrogen) atoms. The number of anilines is 1. The molecule has 0 saturated carbocycles. The Balaban J connectivity index is 2.21. The predicted molar refractivity (Wildman–Crippen MR) is 95.9 cm³/mol. The van der Waals surface area contributed by atoms with Gasteiger partial charge >= 0.3 is 18.2 Å². The summed E-state index contributed by atoms with van der Waals surface area (Å²) in [5.41, 5.74) is 2.51. The number of carboxylic acid groups (broad SMARTS) is 1. The topological polar surface area (TPSA) is 69.6 Å². The number of hydrogen-bond acceptors (Lipinski definition) is 2. The number of urea groups is 1. The maximum absolute atomic E-state index is 13.1. The Kier molecular flexibility index (Phi) is 6.07. The first-order valence-electron chi connectivity index (χ1n) is 8.91. The summed E-state index contributed by atoms with van der Waals surface area (Å²) in [4.78, 5) is 24.6. The lowest BCUT2D eigenvalue weighted by molar-refractivity contribution is -0.187. The molecule has 1 aliphatic heterocycles. The van der Waals surface area contributed by atoms with Crippen molar-refractivity contribution in [3.8, 4) is 0 Å². The fourth-order valence-corrected chi connectivity index (χ4v) is 3.28. The molecule has 2 N–H and O–H groups in total. The van der Waals surface area contributed by atoms with Crippen LogP contribution in [0.1, 0.15) is 50.7 Å². The lowest BCUT2D eigenvalue weighted by Gasteiger charge is -2.21. The van der Waals surface area contributed by atoms with Crippen LogP contribution < -0.4 is 5.32 Å². The molecule has 1 aliphatic rings. The number of nitrogens with one attached hydrogen (secondary N) is 1. The summed E-state index contributed by atoms with van der Waals surface area (Å²) in [6.45, 7) is 6.90. The molecule has 0 unspecified atom stereocenters. The molecule has 0 spiro atoms. The van der Waals surface area contributed by atoms with Gasteiger partial charge in [-0.05, 0) is 29.0 Å². The SMILES string of the molecule is CC(C)c1ccc(NC(=O)N2C[C@@H](C(F)(F)F)[C@H](C(=O)O)C2)c(C(C)C)c1. The zero-order chi connectivity index (χ0) is 20.5. The summed E-state index contributed by atoms with van der Waals surface area (Å²) in [6.07, 6.45) is -4.67. The molecule has 0 aromatic heterocycles. The van der Waals surface area contributed by atoms with Crippen LogP contribution in [0.4, 0.5) is 23.7 Å². The molecule has 1 saturated heterocycles. The minimum atomic E-state index is -4.67. The predicted octanol–water partition coefficient (Wildman–Crippen LogP) is 4.66. The number of likely N-dealkylation sites (tertiary alicyclic amines) is 1.